The summed E-state index contributed by atoms with van der Waals surface area (Å²) in [5.41, 5.74) is 3.40. The van der Waals surface area contributed by atoms with Gasteiger partial charge in [0.1, 0.15) is 5.60 Å². The third-order valence-electron chi connectivity index (χ3n) is 3.92. The fourth-order valence-electron chi connectivity index (χ4n) is 2.24. The molecule has 0 saturated heterocycles. The van der Waals surface area contributed by atoms with Gasteiger partial charge in [0, 0.05) is 18.6 Å². The number of amides is 1. The van der Waals surface area contributed by atoms with Crippen molar-refractivity contribution in [3.8, 4) is 0 Å². The van der Waals surface area contributed by atoms with Crippen LogP contribution in [0.5, 0.6) is 0 Å². The minimum atomic E-state index is -0.470. The third kappa shape index (κ3) is 7.04. The van der Waals surface area contributed by atoms with E-state index in [4.69, 9.17) is 4.74 Å². The summed E-state index contributed by atoms with van der Waals surface area (Å²) in [5.74, 6) is 0. The predicted molar refractivity (Wildman–Crippen MR) is 95.8 cm³/mol. The number of nitrogens with one attached hydrogen (secondary N) is 2. The molecular formula is C19H32N2O2. The summed E-state index contributed by atoms with van der Waals surface area (Å²) in [5, 5.41) is 6.42. The molecule has 0 saturated carbocycles. The van der Waals surface area contributed by atoms with E-state index in [1.54, 1.807) is 0 Å². The normalized spacial score (nSPS) is 14.2. The van der Waals surface area contributed by atoms with Crippen LogP contribution in [-0.4, -0.2) is 24.3 Å². The average molecular weight is 320 g/mol. The van der Waals surface area contributed by atoms with Crippen LogP contribution in [0.15, 0.2) is 18.2 Å². The Morgan fingerprint density at radius 2 is 1.87 bits per heavy atom. The van der Waals surface area contributed by atoms with Crippen LogP contribution in [0.25, 0.3) is 0 Å². The Balaban J connectivity index is 2.53. The molecule has 0 heterocycles. The summed E-state index contributed by atoms with van der Waals surface area (Å²) in [6.45, 7) is 14.8. The van der Waals surface area contributed by atoms with Gasteiger partial charge in [-0.05, 0) is 64.7 Å². The fraction of sp³-hybridized carbons (Fsp3) is 0.632. The lowest BCUT2D eigenvalue weighted by Crippen LogP contribution is -2.44. The van der Waals surface area contributed by atoms with Crippen molar-refractivity contribution in [3.63, 3.8) is 0 Å². The Labute approximate surface area is 141 Å². The highest BCUT2D eigenvalue weighted by Crippen LogP contribution is 2.16. The van der Waals surface area contributed by atoms with Crippen LogP contribution >= 0.6 is 0 Å². The van der Waals surface area contributed by atoms with Crippen molar-refractivity contribution in [1.29, 1.82) is 0 Å². The zero-order valence-electron chi connectivity index (χ0n) is 15.6. The van der Waals surface area contributed by atoms with Crippen molar-refractivity contribution in [1.82, 2.24) is 10.6 Å². The van der Waals surface area contributed by atoms with Crippen molar-refractivity contribution in [2.45, 2.75) is 72.6 Å². The molecular weight excluding hydrogens is 288 g/mol. The molecule has 2 atom stereocenters. The second-order valence-corrected chi connectivity index (χ2v) is 7.23. The minimum Gasteiger partial charge on any atom is -0.444 e. The second kappa shape index (κ2) is 8.34. The zero-order valence-corrected chi connectivity index (χ0v) is 15.6. The van der Waals surface area contributed by atoms with Crippen molar-refractivity contribution < 1.29 is 9.53 Å². The second-order valence-electron chi connectivity index (χ2n) is 7.23. The van der Waals surface area contributed by atoms with Gasteiger partial charge in [0.2, 0.25) is 0 Å². The standard InChI is InChI=1S/C19H32N2O2/c1-8-17(21-18(22)23-19(5,6)7)12-20-15(4)16-10-9-13(2)14(3)11-16/h9-11,15,17,20H,8,12H2,1-7H3,(H,21,22). The molecule has 1 aromatic rings. The summed E-state index contributed by atoms with van der Waals surface area (Å²) >= 11 is 0. The fourth-order valence-corrected chi connectivity index (χ4v) is 2.24. The maximum Gasteiger partial charge on any atom is 0.407 e. The van der Waals surface area contributed by atoms with E-state index >= 15 is 0 Å². The van der Waals surface area contributed by atoms with E-state index in [-0.39, 0.29) is 18.2 Å². The number of hydrogen-bond donors (Lipinski definition) is 2. The highest BCUT2D eigenvalue weighted by Gasteiger charge is 2.19. The van der Waals surface area contributed by atoms with E-state index in [1.807, 2.05) is 20.8 Å². The lowest BCUT2D eigenvalue weighted by atomic mass is 10.0. The highest BCUT2D eigenvalue weighted by molar-refractivity contribution is 5.68. The van der Waals surface area contributed by atoms with E-state index in [0.717, 1.165) is 6.42 Å². The molecule has 1 amide bonds. The molecule has 0 aliphatic carbocycles. The molecule has 2 N–H and O–H groups in total. The number of carbonyl (C=O) groups excluding carboxylic acids is 1. The van der Waals surface area contributed by atoms with Crippen LogP contribution in [-0.2, 0) is 4.74 Å². The summed E-state index contributed by atoms with van der Waals surface area (Å²) in [7, 11) is 0. The smallest absolute Gasteiger partial charge is 0.407 e. The van der Waals surface area contributed by atoms with Crippen molar-refractivity contribution in [3.05, 3.63) is 34.9 Å². The quantitative estimate of drug-likeness (QED) is 0.823. The molecule has 4 heteroatoms. The summed E-state index contributed by atoms with van der Waals surface area (Å²) in [6.07, 6.45) is 0.497. The van der Waals surface area contributed by atoms with Crippen LogP contribution in [0.3, 0.4) is 0 Å². The van der Waals surface area contributed by atoms with Gasteiger partial charge in [0.25, 0.3) is 0 Å². The van der Waals surface area contributed by atoms with Gasteiger partial charge >= 0.3 is 6.09 Å². The van der Waals surface area contributed by atoms with E-state index in [2.05, 4.69) is 56.5 Å². The molecule has 2 unspecified atom stereocenters. The molecule has 1 rings (SSSR count). The molecule has 130 valence electrons. The van der Waals surface area contributed by atoms with Crippen LogP contribution in [0.1, 0.15) is 63.8 Å². The first kappa shape index (κ1) is 19.5. The van der Waals surface area contributed by atoms with E-state index in [9.17, 15) is 4.79 Å². The molecule has 0 aliphatic rings. The van der Waals surface area contributed by atoms with Crippen molar-refractivity contribution in [2.24, 2.45) is 0 Å². The first-order chi connectivity index (χ1) is 10.6. The Kier molecular flexibility index (Phi) is 7.07. The number of alkyl carbamates (subject to hydrolysis) is 1. The molecule has 23 heavy (non-hydrogen) atoms. The Bertz CT molecular complexity index is 521. The van der Waals surface area contributed by atoms with E-state index in [0.29, 0.717) is 6.54 Å². The van der Waals surface area contributed by atoms with Gasteiger partial charge in [-0.2, -0.15) is 0 Å². The summed E-state index contributed by atoms with van der Waals surface area (Å²) < 4.78 is 5.31. The SMILES string of the molecule is CCC(CNC(C)c1ccc(C)c(C)c1)NC(=O)OC(C)(C)C. The van der Waals surface area contributed by atoms with Crippen LogP contribution < -0.4 is 10.6 Å². The summed E-state index contributed by atoms with van der Waals surface area (Å²) in [4.78, 5) is 11.9. The Hall–Kier alpha value is -1.55. The first-order valence-corrected chi connectivity index (χ1v) is 8.42. The lowest BCUT2D eigenvalue weighted by Gasteiger charge is -2.24. The molecule has 0 fully saturated rings. The lowest BCUT2D eigenvalue weighted by molar-refractivity contribution is 0.0502. The van der Waals surface area contributed by atoms with Gasteiger partial charge in [-0.15, -0.1) is 0 Å². The molecule has 0 radical (unpaired) electrons. The van der Waals surface area contributed by atoms with Gasteiger partial charge < -0.3 is 15.4 Å². The molecule has 0 aromatic heterocycles. The number of ether oxygens (including phenoxy) is 1. The van der Waals surface area contributed by atoms with Gasteiger partial charge in [-0.1, -0.05) is 25.1 Å². The maximum absolute atomic E-state index is 11.9. The molecule has 0 bridgehead atoms. The van der Waals surface area contributed by atoms with E-state index in [1.165, 1.54) is 16.7 Å². The van der Waals surface area contributed by atoms with Crippen molar-refractivity contribution >= 4 is 6.09 Å². The number of hydrogen-bond acceptors (Lipinski definition) is 3. The Morgan fingerprint density at radius 1 is 1.22 bits per heavy atom. The average Bonchev–Trinajstić information content (AvgIpc) is 2.44. The molecule has 4 nitrogen and oxygen atoms in total. The molecule has 0 aliphatic heterocycles. The van der Waals surface area contributed by atoms with E-state index < -0.39 is 5.60 Å². The predicted octanol–water partition coefficient (Wildman–Crippen LogP) is 4.26. The maximum atomic E-state index is 11.9. The monoisotopic (exact) mass is 320 g/mol. The topological polar surface area (TPSA) is 50.4 Å². The first-order valence-electron chi connectivity index (χ1n) is 8.42. The number of aryl methyl sites for hydroxylation is 2. The van der Waals surface area contributed by atoms with Crippen LogP contribution in [0.2, 0.25) is 0 Å². The van der Waals surface area contributed by atoms with Crippen molar-refractivity contribution in [2.75, 3.05) is 6.54 Å². The minimum absolute atomic E-state index is 0.0545. The van der Waals surface area contributed by atoms with Gasteiger partial charge in [0.15, 0.2) is 0 Å². The number of carbonyl (C=O) groups is 1. The largest absolute Gasteiger partial charge is 0.444 e. The number of rotatable bonds is 6. The Morgan fingerprint density at radius 3 is 2.39 bits per heavy atom. The molecule has 1 aromatic carbocycles. The number of benzene rings is 1. The van der Waals surface area contributed by atoms with Crippen LogP contribution in [0.4, 0.5) is 4.79 Å². The van der Waals surface area contributed by atoms with Gasteiger partial charge in [0.05, 0.1) is 0 Å². The molecule has 0 spiro atoms. The zero-order chi connectivity index (χ0) is 17.6. The van der Waals surface area contributed by atoms with Gasteiger partial charge in [-0.25, -0.2) is 4.79 Å². The highest BCUT2D eigenvalue weighted by atomic mass is 16.6. The summed E-state index contributed by atoms with van der Waals surface area (Å²) in [6, 6.07) is 6.82. The van der Waals surface area contributed by atoms with Crippen LogP contribution in [0, 0.1) is 13.8 Å². The third-order valence-corrected chi connectivity index (χ3v) is 3.92. The van der Waals surface area contributed by atoms with Gasteiger partial charge in [-0.3, -0.25) is 0 Å².